The first-order valence-corrected chi connectivity index (χ1v) is 8.65. The highest BCUT2D eigenvalue weighted by molar-refractivity contribution is 5.84. The summed E-state index contributed by atoms with van der Waals surface area (Å²) in [5, 5.41) is 0. The molecular formula is C16H24F3N3O4. The van der Waals surface area contributed by atoms with E-state index < -0.39 is 12.1 Å². The van der Waals surface area contributed by atoms with E-state index in [2.05, 4.69) is 0 Å². The van der Waals surface area contributed by atoms with E-state index in [0.717, 1.165) is 4.90 Å². The van der Waals surface area contributed by atoms with Crippen LogP contribution < -0.4 is 0 Å². The monoisotopic (exact) mass is 379 g/mol. The van der Waals surface area contributed by atoms with Crippen LogP contribution in [0, 0.1) is 5.92 Å². The molecule has 3 amide bonds. The number of methoxy groups -OCH3 is 1. The molecule has 0 N–H and O–H groups in total. The van der Waals surface area contributed by atoms with E-state index in [1.54, 1.807) is 4.90 Å². The molecule has 10 heteroatoms. The maximum Gasteiger partial charge on any atom is 0.471 e. The fraction of sp³-hybridized carbons (Fsp3) is 0.812. The summed E-state index contributed by atoms with van der Waals surface area (Å²) in [4.78, 5) is 39.9. The molecule has 26 heavy (non-hydrogen) atoms. The molecule has 7 nitrogen and oxygen atoms in total. The molecule has 0 aromatic heterocycles. The quantitative estimate of drug-likeness (QED) is 0.713. The number of piperidine rings is 1. The predicted octanol–water partition coefficient (Wildman–Crippen LogP) is 0.495. The van der Waals surface area contributed by atoms with E-state index in [0.29, 0.717) is 39.1 Å². The number of alkyl halides is 3. The Labute approximate surface area is 150 Å². The summed E-state index contributed by atoms with van der Waals surface area (Å²) in [5.74, 6) is -2.42. The SMILES string of the molecule is COCCN1CC(C(=O)N2CCCN(C(=O)C(F)(F)F)CC2)CCC1=O. The van der Waals surface area contributed by atoms with Crippen LogP contribution in [0.3, 0.4) is 0 Å². The van der Waals surface area contributed by atoms with Crippen molar-refractivity contribution in [2.45, 2.75) is 25.4 Å². The van der Waals surface area contributed by atoms with Crippen molar-refractivity contribution in [3.05, 3.63) is 0 Å². The van der Waals surface area contributed by atoms with Gasteiger partial charge in [-0.2, -0.15) is 13.2 Å². The molecule has 148 valence electrons. The Kier molecular flexibility index (Phi) is 6.85. The molecule has 2 heterocycles. The van der Waals surface area contributed by atoms with Gasteiger partial charge in [0.25, 0.3) is 0 Å². The van der Waals surface area contributed by atoms with Crippen LogP contribution in [0.4, 0.5) is 13.2 Å². The number of carbonyl (C=O) groups is 3. The van der Waals surface area contributed by atoms with Gasteiger partial charge in [-0.15, -0.1) is 0 Å². The molecule has 2 rings (SSSR count). The summed E-state index contributed by atoms with van der Waals surface area (Å²) in [6, 6.07) is 0. The van der Waals surface area contributed by atoms with Crippen LogP contribution in [0.15, 0.2) is 0 Å². The number of ether oxygens (including phenoxy) is 1. The summed E-state index contributed by atoms with van der Waals surface area (Å²) >= 11 is 0. The average molecular weight is 379 g/mol. The zero-order valence-corrected chi connectivity index (χ0v) is 14.8. The fourth-order valence-electron chi connectivity index (χ4n) is 3.31. The molecule has 0 aliphatic carbocycles. The summed E-state index contributed by atoms with van der Waals surface area (Å²) in [6.45, 7) is 1.31. The first-order valence-electron chi connectivity index (χ1n) is 8.65. The lowest BCUT2D eigenvalue weighted by atomic mass is 9.96. The number of rotatable bonds is 4. The Balaban J connectivity index is 1.93. The third-order valence-electron chi connectivity index (χ3n) is 4.75. The van der Waals surface area contributed by atoms with Crippen molar-refractivity contribution in [2.75, 3.05) is 53.0 Å². The minimum absolute atomic E-state index is 0.0226. The van der Waals surface area contributed by atoms with Gasteiger partial charge in [0.2, 0.25) is 11.8 Å². The Morgan fingerprint density at radius 3 is 2.46 bits per heavy atom. The Morgan fingerprint density at radius 2 is 1.81 bits per heavy atom. The Hall–Kier alpha value is -1.84. The lowest BCUT2D eigenvalue weighted by Crippen LogP contribution is -2.49. The average Bonchev–Trinajstić information content (AvgIpc) is 2.85. The number of likely N-dealkylation sites (tertiary alicyclic amines) is 1. The van der Waals surface area contributed by atoms with Crippen molar-refractivity contribution in [3.8, 4) is 0 Å². The van der Waals surface area contributed by atoms with Crippen LogP contribution in [0.1, 0.15) is 19.3 Å². The van der Waals surface area contributed by atoms with Gasteiger partial charge in [0.15, 0.2) is 0 Å². The van der Waals surface area contributed by atoms with Gasteiger partial charge in [0.1, 0.15) is 0 Å². The van der Waals surface area contributed by atoms with Crippen LogP contribution in [-0.2, 0) is 19.1 Å². The second-order valence-corrected chi connectivity index (χ2v) is 6.54. The summed E-state index contributed by atoms with van der Waals surface area (Å²) in [7, 11) is 1.53. The van der Waals surface area contributed by atoms with Crippen molar-refractivity contribution >= 4 is 17.7 Å². The first-order chi connectivity index (χ1) is 12.2. The molecule has 0 aromatic rings. The van der Waals surface area contributed by atoms with Crippen LogP contribution in [0.5, 0.6) is 0 Å². The molecular weight excluding hydrogens is 355 g/mol. The van der Waals surface area contributed by atoms with E-state index in [9.17, 15) is 27.6 Å². The minimum Gasteiger partial charge on any atom is -0.383 e. The molecule has 0 saturated carbocycles. The van der Waals surface area contributed by atoms with E-state index in [4.69, 9.17) is 4.74 Å². The molecule has 1 unspecified atom stereocenters. The van der Waals surface area contributed by atoms with Gasteiger partial charge in [-0.25, -0.2) is 0 Å². The number of halogens is 3. The smallest absolute Gasteiger partial charge is 0.383 e. The van der Waals surface area contributed by atoms with Gasteiger partial charge in [-0.05, 0) is 12.8 Å². The van der Waals surface area contributed by atoms with E-state index in [1.165, 1.54) is 12.0 Å². The normalized spacial score (nSPS) is 22.4. The van der Waals surface area contributed by atoms with Crippen molar-refractivity contribution in [1.82, 2.24) is 14.7 Å². The van der Waals surface area contributed by atoms with Gasteiger partial charge in [-0.1, -0.05) is 0 Å². The minimum atomic E-state index is -4.90. The largest absolute Gasteiger partial charge is 0.471 e. The lowest BCUT2D eigenvalue weighted by molar-refractivity contribution is -0.185. The summed E-state index contributed by atoms with van der Waals surface area (Å²) in [6.07, 6.45) is -3.90. The highest BCUT2D eigenvalue weighted by Gasteiger charge is 2.43. The molecule has 2 fully saturated rings. The number of amides is 3. The molecule has 2 aliphatic rings. The molecule has 0 aromatic carbocycles. The Morgan fingerprint density at radius 1 is 1.15 bits per heavy atom. The lowest BCUT2D eigenvalue weighted by Gasteiger charge is -2.34. The summed E-state index contributed by atoms with van der Waals surface area (Å²) in [5.41, 5.74) is 0. The van der Waals surface area contributed by atoms with Crippen molar-refractivity contribution < 1.29 is 32.3 Å². The number of nitrogens with zero attached hydrogens (tertiary/aromatic N) is 3. The highest BCUT2D eigenvalue weighted by atomic mass is 19.4. The van der Waals surface area contributed by atoms with Gasteiger partial charge < -0.3 is 19.4 Å². The van der Waals surface area contributed by atoms with Gasteiger partial charge >= 0.3 is 12.1 Å². The van der Waals surface area contributed by atoms with E-state index in [-0.39, 0.29) is 43.8 Å². The predicted molar refractivity (Wildman–Crippen MR) is 85.0 cm³/mol. The molecule has 0 bridgehead atoms. The standard InChI is InChI=1S/C16H24F3N3O4/c1-26-10-9-22-11-12(3-4-13(22)23)14(24)20-5-2-6-21(8-7-20)15(25)16(17,18)19/h12H,2-11H2,1H3. The molecule has 2 saturated heterocycles. The zero-order chi connectivity index (χ0) is 19.3. The number of hydrogen-bond donors (Lipinski definition) is 0. The number of carbonyl (C=O) groups excluding carboxylic acids is 3. The molecule has 2 aliphatic heterocycles. The van der Waals surface area contributed by atoms with Crippen LogP contribution >= 0.6 is 0 Å². The van der Waals surface area contributed by atoms with Crippen molar-refractivity contribution in [1.29, 1.82) is 0 Å². The van der Waals surface area contributed by atoms with Gasteiger partial charge in [0, 0.05) is 52.8 Å². The Bertz CT molecular complexity index is 541. The third kappa shape index (κ3) is 5.09. The molecule has 1 atom stereocenters. The van der Waals surface area contributed by atoms with Crippen molar-refractivity contribution in [2.24, 2.45) is 5.92 Å². The van der Waals surface area contributed by atoms with Crippen molar-refractivity contribution in [3.63, 3.8) is 0 Å². The second-order valence-electron chi connectivity index (χ2n) is 6.54. The second kappa shape index (κ2) is 8.70. The first kappa shape index (κ1) is 20.5. The van der Waals surface area contributed by atoms with Gasteiger partial charge in [0.05, 0.1) is 12.5 Å². The summed E-state index contributed by atoms with van der Waals surface area (Å²) < 4.78 is 42.7. The fourth-order valence-corrected chi connectivity index (χ4v) is 3.31. The molecule has 0 spiro atoms. The van der Waals surface area contributed by atoms with E-state index in [1.807, 2.05) is 0 Å². The van der Waals surface area contributed by atoms with Crippen LogP contribution in [-0.4, -0.2) is 91.6 Å². The topological polar surface area (TPSA) is 70.2 Å². The highest BCUT2D eigenvalue weighted by Crippen LogP contribution is 2.22. The zero-order valence-electron chi connectivity index (χ0n) is 14.8. The van der Waals surface area contributed by atoms with E-state index >= 15 is 0 Å². The maximum atomic E-state index is 12.7. The maximum absolute atomic E-state index is 12.7. The third-order valence-corrected chi connectivity index (χ3v) is 4.75. The van der Waals surface area contributed by atoms with Crippen LogP contribution in [0.2, 0.25) is 0 Å². The van der Waals surface area contributed by atoms with Crippen LogP contribution in [0.25, 0.3) is 0 Å². The number of hydrogen-bond acceptors (Lipinski definition) is 4. The van der Waals surface area contributed by atoms with Gasteiger partial charge in [-0.3, -0.25) is 14.4 Å². The molecule has 0 radical (unpaired) electrons.